The van der Waals surface area contributed by atoms with Gasteiger partial charge in [-0.05, 0) is 26.2 Å². The molecular formula is C17H32IN5OS2. The lowest BCUT2D eigenvalue weighted by atomic mass is 9.95. The van der Waals surface area contributed by atoms with Crippen molar-refractivity contribution >= 4 is 57.2 Å². The lowest BCUT2D eigenvalue weighted by Gasteiger charge is -2.30. The van der Waals surface area contributed by atoms with E-state index in [1.165, 1.54) is 0 Å². The molecule has 2 N–H and O–H groups in total. The molecule has 1 heterocycles. The molecule has 0 spiro atoms. The molecule has 150 valence electrons. The van der Waals surface area contributed by atoms with Crippen LogP contribution in [0.15, 0.2) is 10.4 Å². The Hall–Kier alpha value is -0.420. The predicted molar refractivity (Wildman–Crippen MR) is 125 cm³/mol. The number of halogens is 1. The van der Waals surface area contributed by atoms with E-state index < -0.39 is 10.8 Å². The number of thiazole rings is 1. The minimum Gasteiger partial charge on any atom is -0.357 e. The molecule has 1 aromatic heterocycles. The Bertz CT molecular complexity index is 593. The minimum absolute atomic E-state index is 0. The molecule has 0 saturated heterocycles. The van der Waals surface area contributed by atoms with Gasteiger partial charge < -0.3 is 15.5 Å². The molecule has 1 fully saturated rings. The highest BCUT2D eigenvalue weighted by atomic mass is 127. The van der Waals surface area contributed by atoms with Crippen molar-refractivity contribution in [2.75, 3.05) is 31.3 Å². The summed E-state index contributed by atoms with van der Waals surface area (Å²) in [5.41, 5.74) is 0.986. The summed E-state index contributed by atoms with van der Waals surface area (Å²) in [5.74, 6) is 1.58. The molecule has 1 aliphatic carbocycles. The zero-order valence-corrected chi connectivity index (χ0v) is 20.1. The third-order valence-corrected chi connectivity index (χ3v) is 7.09. The van der Waals surface area contributed by atoms with Crippen LogP contribution >= 0.6 is 35.3 Å². The van der Waals surface area contributed by atoms with Crippen molar-refractivity contribution in [1.29, 1.82) is 0 Å². The zero-order valence-electron chi connectivity index (χ0n) is 16.2. The molecule has 0 aliphatic heterocycles. The number of nitrogens with zero attached hydrogens (tertiary/aromatic N) is 3. The molecule has 0 aromatic carbocycles. The third-order valence-electron chi connectivity index (χ3n) is 4.29. The van der Waals surface area contributed by atoms with Crippen molar-refractivity contribution < 1.29 is 4.21 Å². The Balaban J connectivity index is 0.00000338. The molecule has 3 unspecified atom stereocenters. The highest BCUT2D eigenvalue weighted by Gasteiger charge is 2.26. The number of nitrogens with one attached hydrogen (secondary N) is 2. The number of aromatic nitrogens is 1. The van der Waals surface area contributed by atoms with E-state index in [0.29, 0.717) is 17.8 Å². The quantitative estimate of drug-likeness (QED) is 0.334. The average Bonchev–Trinajstić information content (AvgIpc) is 3.09. The number of aliphatic imine (C=N–C) groups is 1. The fraction of sp³-hybridized carbons (Fsp3) is 0.765. The topological polar surface area (TPSA) is 69.6 Å². The van der Waals surface area contributed by atoms with Crippen LogP contribution in [-0.2, 0) is 17.3 Å². The van der Waals surface area contributed by atoms with Crippen molar-refractivity contribution in [2.24, 2.45) is 4.99 Å². The van der Waals surface area contributed by atoms with Gasteiger partial charge in [-0.1, -0.05) is 13.3 Å². The van der Waals surface area contributed by atoms with Crippen LogP contribution in [0.5, 0.6) is 0 Å². The molecule has 0 amide bonds. The maximum Gasteiger partial charge on any atom is 0.191 e. The van der Waals surface area contributed by atoms with Gasteiger partial charge in [-0.3, -0.25) is 4.21 Å². The SMILES string of the molecule is CCNC(=NCc1csc(N(C)C)n1)NC1CCCC(S(=O)CC)C1.I. The number of anilines is 1. The Kier molecular flexibility index (Phi) is 11.0. The van der Waals surface area contributed by atoms with Crippen LogP contribution in [0.3, 0.4) is 0 Å². The molecule has 3 atom stereocenters. The zero-order chi connectivity index (χ0) is 18.2. The lowest BCUT2D eigenvalue weighted by Crippen LogP contribution is -2.46. The smallest absolute Gasteiger partial charge is 0.191 e. The van der Waals surface area contributed by atoms with Gasteiger partial charge in [0, 0.05) is 53.9 Å². The van der Waals surface area contributed by atoms with Crippen LogP contribution in [-0.4, -0.2) is 52.8 Å². The molecule has 0 radical (unpaired) electrons. The van der Waals surface area contributed by atoms with Crippen molar-refractivity contribution in [2.45, 2.75) is 57.4 Å². The highest BCUT2D eigenvalue weighted by Crippen LogP contribution is 2.23. The average molecular weight is 514 g/mol. The second-order valence-corrected chi connectivity index (χ2v) is 9.35. The van der Waals surface area contributed by atoms with Crippen LogP contribution < -0.4 is 15.5 Å². The first kappa shape index (κ1) is 23.6. The van der Waals surface area contributed by atoms with Gasteiger partial charge in [0.15, 0.2) is 11.1 Å². The number of guanidine groups is 1. The number of rotatable bonds is 7. The normalized spacial score (nSPS) is 21.6. The minimum atomic E-state index is -0.701. The molecule has 6 nitrogen and oxygen atoms in total. The first-order chi connectivity index (χ1) is 12.0. The molecule has 26 heavy (non-hydrogen) atoms. The molecular weight excluding hydrogens is 481 g/mol. The standard InChI is InChI=1S/C17H31N5OS2.HI/c1-5-18-16(19-11-14-12-24-17(21-14)22(3)4)20-13-8-7-9-15(10-13)25(23)6-2;/h12-13,15H,5-11H2,1-4H3,(H2,18,19,20);1H. The van der Waals surface area contributed by atoms with E-state index in [1.54, 1.807) is 11.3 Å². The summed E-state index contributed by atoms with van der Waals surface area (Å²) >= 11 is 1.64. The Labute approximate surface area is 181 Å². The van der Waals surface area contributed by atoms with E-state index in [-0.39, 0.29) is 24.0 Å². The summed E-state index contributed by atoms with van der Waals surface area (Å²) in [6, 6.07) is 0.347. The summed E-state index contributed by atoms with van der Waals surface area (Å²) in [6.45, 7) is 5.47. The Morgan fingerprint density at radius 3 is 2.81 bits per heavy atom. The fourth-order valence-electron chi connectivity index (χ4n) is 3.00. The van der Waals surface area contributed by atoms with Crippen LogP contribution in [0.25, 0.3) is 0 Å². The lowest BCUT2D eigenvalue weighted by molar-refractivity contribution is 0.413. The second kappa shape index (κ2) is 12.1. The molecule has 1 saturated carbocycles. The maximum atomic E-state index is 12.1. The molecule has 9 heteroatoms. The molecule has 2 rings (SSSR count). The van der Waals surface area contributed by atoms with E-state index in [0.717, 1.165) is 54.8 Å². The largest absolute Gasteiger partial charge is 0.357 e. The van der Waals surface area contributed by atoms with Crippen LogP contribution in [0, 0.1) is 0 Å². The van der Waals surface area contributed by atoms with Crippen LogP contribution in [0.1, 0.15) is 45.2 Å². The first-order valence-electron chi connectivity index (χ1n) is 9.07. The summed E-state index contributed by atoms with van der Waals surface area (Å²) in [5, 5.41) is 10.2. The number of hydrogen-bond donors (Lipinski definition) is 2. The van der Waals surface area contributed by atoms with Crippen LogP contribution in [0.4, 0.5) is 5.13 Å². The summed E-state index contributed by atoms with van der Waals surface area (Å²) in [7, 11) is 3.29. The van der Waals surface area contributed by atoms with E-state index in [2.05, 4.69) is 32.9 Å². The van der Waals surface area contributed by atoms with Gasteiger partial charge in [0.05, 0.1) is 12.2 Å². The van der Waals surface area contributed by atoms with Gasteiger partial charge in [-0.15, -0.1) is 35.3 Å². The van der Waals surface area contributed by atoms with Crippen molar-refractivity contribution in [3.8, 4) is 0 Å². The Morgan fingerprint density at radius 2 is 2.19 bits per heavy atom. The summed E-state index contributed by atoms with van der Waals surface area (Å²) in [6.07, 6.45) is 4.29. The van der Waals surface area contributed by atoms with Gasteiger partial charge in [0.1, 0.15) is 0 Å². The van der Waals surface area contributed by atoms with Crippen molar-refractivity contribution in [1.82, 2.24) is 15.6 Å². The van der Waals surface area contributed by atoms with Gasteiger partial charge >= 0.3 is 0 Å². The molecule has 1 aromatic rings. The maximum absolute atomic E-state index is 12.1. The monoisotopic (exact) mass is 513 g/mol. The molecule has 1 aliphatic rings. The van der Waals surface area contributed by atoms with Gasteiger partial charge in [0.25, 0.3) is 0 Å². The van der Waals surface area contributed by atoms with Crippen molar-refractivity contribution in [3.63, 3.8) is 0 Å². The van der Waals surface area contributed by atoms with Gasteiger partial charge in [-0.2, -0.15) is 0 Å². The van der Waals surface area contributed by atoms with E-state index >= 15 is 0 Å². The summed E-state index contributed by atoms with van der Waals surface area (Å²) < 4.78 is 12.1. The highest BCUT2D eigenvalue weighted by molar-refractivity contribution is 14.0. The number of hydrogen-bond acceptors (Lipinski definition) is 5. The molecule has 0 bridgehead atoms. The third kappa shape index (κ3) is 7.30. The van der Waals surface area contributed by atoms with E-state index in [9.17, 15) is 4.21 Å². The Morgan fingerprint density at radius 1 is 1.42 bits per heavy atom. The fourth-order valence-corrected chi connectivity index (χ4v) is 5.10. The van der Waals surface area contributed by atoms with Gasteiger partial charge in [-0.25, -0.2) is 9.98 Å². The van der Waals surface area contributed by atoms with Gasteiger partial charge in [0.2, 0.25) is 0 Å². The van der Waals surface area contributed by atoms with Crippen LogP contribution in [0.2, 0.25) is 0 Å². The van der Waals surface area contributed by atoms with Crippen molar-refractivity contribution in [3.05, 3.63) is 11.1 Å². The van der Waals surface area contributed by atoms with E-state index in [1.807, 2.05) is 25.9 Å². The first-order valence-corrected chi connectivity index (χ1v) is 11.3. The van der Waals surface area contributed by atoms with E-state index in [4.69, 9.17) is 0 Å². The second-order valence-electron chi connectivity index (χ2n) is 6.51. The summed E-state index contributed by atoms with van der Waals surface area (Å²) in [4.78, 5) is 11.3. The predicted octanol–water partition coefficient (Wildman–Crippen LogP) is 2.96.